The van der Waals surface area contributed by atoms with E-state index in [9.17, 15) is 9.59 Å². The molecule has 0 radical (unpaired) electrons. The summed E-state index contributed by atoms with van der Waals surface area (Å²) in [6.45, 7) is 5.07. The van der Waals surface area contributed by atoms with E-state index in [1.807, 2.05) is 25.3 Å². The Hall–Kier alpha value is -2.70. The maximum absolute atomic E-state index is 12.4. The van der Waals surface area contributed by atoms with Crippen LogP contribution in [0.2, 0.25) is 0 Å². The molecular weight excluding hydrogens is 354 g/mol. The molecule has 1 aliphatic heterocycles. The summed E-state index contributed by atoms with van der Waals surface area (Å²) >= 11 is 0. The molecule has 1 fully saturated rings. The van der Waals surface area contributed by atoms with E-state index < -0.39 is 0 Å². The van der Waals surface area contributed by atoms with Gasteiger partial charge in [-0.1, -0.05) is 32.3 Å². The molecule has 28 heavy (non-hydrogen) atoms. The van der Waals surface area contributed by atoms with Crippen LogP contribution in [0.15, 0.2) is 35.3 Å². The number of anilines is 1. The van der Waals surface area contributed by atoms with E-state index in [4.69, 9.17) is 0 Å². The first-order chi connectivity index (χ1) is 13.7. The Bertz CT molecular complexity index is 823. The molecule has 0 bridgehead atoms. The Kier molecular flexibility index (Phi) is 7.17. The summed E-state index contributed by atoms with van der Waals surface area (Å²) < 4.78 is 1.36. The molecule has 0 atom stereocenters. The maximum Gasteiger partial charge on any atom is 0.271 e. The SMILES string of the molecule is CCCCn1nc(C(=O)NCc2ccc(N3CCCCCC3)nc2)ccc1=O. The second-order valence-electron chi connectivity index (χ2n) is 7.24. The summed E-state index contributed by atoms with van der Waals surface area (Å²) in [5, 5.41) is 7.03. The highest BCUT2D eigenvalue weighted by Gasteiger charge is 2.12. The van der Waals surface area contributed by atoms with Crippen LogP contribution in [-0.4, -0.2) is 33.8 Å². The molecule has 1 amide bonds. The molecule has 1 N–H and O–H groups in total. The number of carbonyl (C=O) groups is 1. The lowest BCUT2D eigenvalue weighted by Crippen LogP contribution is -2.29. The van der Waals surface area contributed by atoms with Crippen molar-refractivity contribution in [1.82, 2.24) is 20.1 Å². The second kappa shape index (κ2) is 10.0. The lowest BCUT2D eigenvalue weighted by Gasteiger charge is -2.21. The lowest BCUT2D eigenvalue weighted by atomic mass is 10.2. The molecule has 150 valence electrons. The van der Waals surface area contributed by atoms with Crippen molar-refractivity contribution in [1.29, 1.82) is 0 Å². The number of rotatable bonds is 7. The molecule has 0 spiro atoms. The number of aromatic nitrogens is 3. The number of amides is 1. The minimum Gasteiger partial charge on any atom is -0.357 e. The standard InChI is InChI=1S/C21H29N5O2/c1-2-3-14-26-20(27)11-9-18(24-26)21(28)23-16-17-8-10-19(22-15-17)25-12-6-4-5-7-13-25/h8-11,15H,2-7,12-14,16H2,1H3,(H,23,28). The zero-order valence-corrected chi connectivity index (χ0v) is 16.6. The second-order valence-corrected chi connectivity index (χ2v) is 7.24. The molecule has 0 saturated carbocycles. The third-order valence-corrected chi connectivity index (χ3v) is 5.01. The van der Waals surface area contributed by atoms with Crippen LogP contribution in [0.1, 0.15) is 61.5 Å². The van der Waals surface area contributed by atoms with Crippen molar-refractivity contribution in [3.63, 3.8) is 0 Å². The van der Waals surface area contributed by atoms with Crippen LogP contribution in [-0.2, 0) is 13.1 Å². The number of nitrogens with zero attached hydrogens (tertiary/aromatic N) is 4. The first-order valence-corrected chi connectivity index (χ1v) is 10.2. The number of hydrogen-bond donors (Lipinski definition) is 1. The zero-order chi connectivity index (χ0) is 19.8. The van der Waals surface area contributed by atoms with Crippen molar-refractivity contribution in [2.45, 2.75) is 58.5 Å². The number of aryl methyl sites for hydroxylation is 1. The Labute approximate surface area is 165 Å². The molecule has 0 aromatic carbocycles. The first kappa shape index (κ1) is 20.0. The van der Waals surface area contributed by atoms with Gasteiger partial charge in [-0.3, -0.25) is 9.59 Å². The molecule has 1 aliphatic rings. The van der Waals surface area contributed by atoms with E-state index in [2.05, 4.69) is 20.3 Å². The van der Waals surface area contributed by atoms with E-state index >= 15 is 0 Å². The number of hydrogen-bond acceptors (Lipinski definition) is 5. The fourth-order valence-corrected chi connectivity index (χ4v) is 3.32. The minimum atomic E-state index is -0.290. The van der Waals surface area contributed by atoms with Gasteiger partial charge in [0.25, 0.3) is 11.5 Å². The van der Waals surface area contributed by atoms with Gasteiger partial charge >= 0.3 is 0 Å². The van der Waals surface area contributed by atoms with Crippen molar-refractivity contribution in [3.05, 3.63) is 52.1 Å². The van der Waals surface area contributed by atoms with Crippen molar-refractivity contribution < 1.29 is 4.79 Å². The van der Waals surface area contributed by atoms with E-state index in [1.54, 1.807) is 0 Å². The molecule has 7 nitrogen and oxygen atoms in total. The van der Waals surface area contributed by atoms with Crippen LogP contribution in [0, 0.1) is 0 Å². The topological polar surface area (TPSA) is 80.1 Å². The highest BCUT2D eigenvalue weighted by molar-refractivity contribution is 5.91. The number of pyridine rings is 1. The average Bonchev–Trinajstić information content (AvgIpc) is 3.01. The fourth-order valence-electron chi connectivity index (χ4n) is 3.32. The Balaban J connectivity index is 1.57. The molecule has 7 heteroatoms. The van der Waals surface area contributed by atoms with Crippen LogP contribution in [0.4, 0.5) is 5.82 Å². The smallest absolute Gasteiger partial charge is 0.271 e. The van der Waals surface area contributed by atoms with E-state index in [-0.39, 0.29) is 17.2 Å². The first-order valence-electron chi connectivity index (χ1n) is 10.2. The van der Waals surface area contributed by atoms with Gasteiger partial charge in [0.1, 0.15) is 11.5 Å². The number of carbonyl (C=O) groups excluding carboxylic acids is 1. The Morgan fingerprint density at radius 2 is 1.89 bits per heavy atom. The predicted octanol–water partition coefficient (Wildman–Crippen LogP) is 2.75. The van der Waals surface area contributed by atoms with Gasteiger partial charge in [0.2, 0.25) is 0 Å². The monoisotopic (exact) mass is 383 g/mol. The lowest BCUT2D eigenvalue weighted by molar-refractivity contribution is 0.0943. The normalized spacial score (nSPS) is 14.5. The maximum atomic E-state index is 12.4. The van der Waals surface area contributed by atoms with Gasteiger partial charge in [0.05, 0.1) is 0 Å². The van der Waals surface area contributed by atoms with Crippen LogP contribution in [0.5, 0.6) is 0 Å². The molecule has 3 heterocycles. The summed E-state index contributed by atoms with van der Waals surface area (Å²) in [6, 6.07) is 6.90. The zero-order valence-electron chi connectivity index (χ0n) is 16.6. The van der Waals surface area contributed by atoms with Crippen LogP contribution in [0.3, 0.4) is 0 Å². The third-order valence-electron chi connectivity index (χ3n) is 5.01. The molecular formula is C21H29N5O2. The van der Waals surface area contributed by atoms with Gasteiger partial charge in [0, 0.05) is 38.4 Å². The molecule has 2 aromatic rings. The summed E-state index contributed by atoms with van der Waals surface area (Å²) in [7, 11) is 0. The average molecular weight is 383 g/mol. The molecule has 0 unspecified atom stereocenters. The predicted molar refractivity (Wildman–Crippen MR) is 109 cm³/mol. The summed E-state index contributed by atoms with van der Waals surface area (Å²) in [5.74, 6) is 0.712. The van der Waals surface area contributed by atoms with Gasteiger partial charge in [0.15, 0.2) is 0 Å². The van der Waals surface area contributed by atoms with Gasteiger partial charge in [-0.15, -0.1) is 0 Å². The third kappa shape index (κ3) is 5.41. The number of nitrogens with one attached hydrogen (secondary N) is 1. The van der Waals surface area contributed by atoms with E-state index in [0.717, 1.165) is 37.3 Å². The van der Waals surface area contributed by atoms with Gasteiger partial charge in [-0.2, -0.15) is 5.10 Å². The van der Waals surface area contributed by atoms with Gasteiger partial charge < -0.3 is 10.2 Å². The highest BCUT2D eigenvalue weighted by atomic mass is 16.2. The largest absolute Gasteiger partial charge is 0.357 e. The Morgan fingerprint density at radius 1 is 1.11 bits per heavy atom. The van der Waals surface area contributed by atoms with E-state index in [1.165, 1.54) is 42.5 Å². The molecule has 2 aromatic heterocycles. The van der Waals surface area contributed by atoms with Crippen LogP contribution in [0.25, 0.3) is 0 Å². The molecule has 0 aliphatic carbocycles. The quantitative estimate of drug-likeness (QED) is 0.795. The van der Waals surface area contributed by atoms with Gasteiger partial charge in [-0.25, -0.2) is 9.67 Å². The van der Waals surface area contributed by atoms with Crippen molar-refractivity contribution in [3.8, 4) is 0 Å². The Morgan fingerprint density at radius 3 is 2.57 bits per heavy atom. The van der Waals surface area contributed by atoms with Crippen LogP contribution < -0.4 is 15.8 Å². The summed E-state index contributed by atoms with van der Waals surface area (Å²) in [6.07, 6.45) is 8.65. The number of unbranched alkanes of at least 4 members (excludes halogenated alkanes) is 1. The molecule has 3 rings (SSSR count). The van der Waals surface area contributed by atoms with Crippen molar-refractivity contribution >= 4 is 11.7 Å². The van der Waals surface area contributed by atoms with Crippen molar-refractivity contribution in [2.75, 3.05) is 18.0 Å². The van der Waals surface area contributed by atoms with Crippen molar-refractivity contribution in [2.24, 2.45) is 0 Å². The summed E-state index contributed by atoms with van der Waals surface area (Å²) in [5.41, 5.74) is 1.01. The fraction of sp³-hybridized carbons (Fsp3) is 0.524. The van der Waals surface area contributed by atoms with E-state index in [0.29, 0.717) is 13.1 Å². The highest BCUT2D eigenvalue weighted by Crippen LogP contribution is 2.17. The van der Waals surface area contributed by atoms with Gasteiger partial charge in [-0.05, 0) is 37.0 Å². The van der Waals surface area contributed by atoms with Crippen LogP contribution >= 0.6 is 0 Å². The molecule has 1 saturated heterocycles. The minimum absolute atomic E-state index is 0.182. The summed E-state index contributed by atoms with van der Waals surface area (Å²) in [4.78, 5) is 31.1.